The number of rotatable bonds is 3. The van der Waals surface area contributed by atoms with Gasteiger partial charge in [-0.3, -0.25) is 4.72 Å². The SMILES string of the molecule is Cc1ccccc1S(=O)(=O)Nc1cc(Cl)c(F)cc1O. The quantitative estimate of drug-likeness (QED) is 0.854. The monoisotopic (exact) mass is 315 g/mol. The number of aromatic hydroxyl groups is 1. The first kappa shape index (κ1) is 14.6. The van der Waals surface area contributed by atoms with Crippen molar-refractivity contribution in [3.05, 3.63) is 52.8 Å². The minimum atomic E-state index is -3.89. The topological polar surface area (TPSA) is 66.4 Å². The van der Waals surface area contributed by atoms with Crippen molar-refractivity contribution in [2.75, 3.05) is 4.72 Å². The van der Waals surface area contributed by atoms with E-state index in [9.17, 15) is 17.9 Å². The maximum atomic E-state index is 13.1. The molecule has 0 amide bonds. The summed E-state index contributed by atoms with van der Waals surface area (Å²) in [7, 11) is -3.89. The number of sulfonamides is 1. The van der Waals surface area contributed by atoms with Gasteiger partial charge in [-0.15, -0.1) is 0 Å². The van der Waals surface area contributed by atoms with Gasteiger partial charge in [0.15, 0.2) is 0 Å². The van der Waals surface area contributed by atoms with E-state index in [0.29, 0.717) is 5.56 Å². The lowest BCUT2D eigenvalue weighted by Gasteiger charge is -2.12. The number of phenols is 1. The van der Waals surface area contributed by atoms with Crippen LogP contribution < -0.4 is 4.72 Å². The third kappa shape index (κ3) is 2.86. The lowest BCUT2D eigenvalue weighted by atomic mass is 10.2. The first-order valence-electron chi connectivity index (χ1n) is 5.58. The van der Waals surface area contributed by atoms with Gasteiger partial charge in [-0.2, -0.15) is 0 Å². The van der Waals surface area contributed by atoms with E-state index in [1.165, 1.54) is 6.07 Å². The first-order chi connectivity index (χ1) is 9.31. The van der Waals surface area contributed by atoms with Crippen LogP contribution in [0.3, 0.4) is 0 Å². The van der Waals surface area contributed by atoms with Crippen molar-refractivity contribution in [1.82, 2.24) is 0 Å². The van der Waals surface area contributed by atoms with Gasteiger partial charge < -0.3 is 5.11 Å². The third-order valence-corrected chi connectivity index (χ3v) is 4.48. The Morgan fingerprint density at radius 1 is 1.25 bits per heavy atom. The molecule has 20 heavy (non-hydrogen) atoms. The molecule has 0 aliphatic rings. The van der Waals surface area contributed by atoms with Crippen LogP contribution in [0.5, 0.6) is 5.75 Å². The molecule has 0 radical (unpaired) electrons. The zero-order valence-corrected chi connectivity index (χ0v) is 12.0. The van der Waals surface area contributed by atoms with E-state index < -0.39 is 21.6 Å². The highest BCUT2D eigenvalue weighted by Crippen LogP contribution is 2.31. The highest BCUT2D eigenvalue weighted by molar-refractivity contribution is 7.92. The molecule has 0 atom stereocenters. The van der Waals surface area contributed by atoms with E-state index >= 15 is 0 Å². The van der Waals surface area contributed by atoms with Gasteiger partial charge >= 0.3 is 0 Å². The van der Waals surface area contributed by atoms with E-state index in [-0.39, 0.29) is 15.6 Å². The van der Waals surface area contributed by atoms with Crippen molar-refractivity contribution in [1.29, 1.82) is 0 Å². The molecule has 2 aromatic rings. The lowest BCUT2D eigenvalue weighted by molar-refractivity contribution is 0.471. The number of halogens is 2. The van der Waals surface area contributed by atoms with Crippen LogP contribution in [0.25, 0.3) is 0 Å². The Morgan fingerprint density at radius 2 is 1.90 bits per heavy atom. The molecule has 0 aromatic heterocycles. The zero-order chi connectivity index (χ0) is 14.9. The summed E-state index contributed by atoms with van der Waals surface area (Å²) in [5.74, 6) is -1.37. The molecule has 0 unspecified atom stereocenters. The molecular formula is C13H11ClFNO3S. The molecule has 2 aromatic carbocycles. The fraction of sp³-hybridized carbons (Fsp3) is 0.0769. The van der Waals surface area contributed by atoms with Crippen molar-refractivity contribution in [2.24, 2.45) is 0 Å². The number of aryl methyl sites for hydroxylation is 1. The number of nitrogens with one attached hydrogen (secondary N) is 1. The molecular weight excluding hydrogens is 305 g/mol. The van der Waals surface area contributed by atoms with Crippen LogP contribution in [0, 0.1) is 12.7 Å². The Hall–Kier alpha value is -1.79. The van der Waals surface area contributed by atoms with Crippen LogP contribution in [-0.2, 0) is 10.0 Å². The third-order valence-electron chi connectivity index (χ3n) is 2.67. The van der Waals surface area contributed by atoms with Crippen molar-refractivity contribution in [3.63, 3.8) is 0 Å². The Kier molecular flexibility index (Phi) is 3.87. The summed E-state index contributed by atoms with van der Waals surface area (Å²) in [6.07, 6.45) is 0. The van der Waals surface area contributed by atoms with Crippen LogP contribution in [0.4, 0.5) is 10.1 Å². The summed E-state index contributed by atoms with van der Waals surface area (Å²) in [5, 5.41) is 9.28. The van der Waals surface area contributed by atoms with Gasteiger partial charge in [-0.25, -0.2) is 12.8 Å². The molecule has 0 aliphatic carbocycles. The number of benzene rings is 2. The summed E-state index contributed by atoms with van der Waals surface area (Å²) in [4.78, 5) is 0.0693. The van der Waals surface area contributed by atoms with Crippen LogP contribution in [0.1, 0.15) is 5.56 Å². The normalized spacial score (nSPS) is 11.3. The van der Waals surface area contributed by atoms with E-state index in [2.05, 4.69) is 4.72 Å². The molecule has 0 saturated carbocycles. The fourth-order valence-electron chi connectivity index (χ4n) is 1.68. The lowest BCUT2D eigenvalue weighted by Crippen LogP contribution is -2.14. The van der Waals surface area contributed by atoms with Crippen molar-refractivity contribution < 1.29 is 17.9 Å². The average Bonchev–Trinajstić information content (AvgIpc) is 2.36. The summed E-state index contributed by atoms with van der Waals surface area (Å²) < 4.78 is 39.7. The van der Waals surface area contributed by atoms with Gasteiger partial charge in [0, 0.05) is 6.07 Å². The van der Waals surface area contributed by atoms with Gasteiger partial charge in [-0.1, -0.05) is 29.8 Å². The van der Waals surface area contributed by atoms with Crippen LogP contribution in [0.2, 0.25) is 5.02 Å². The molecule has 0 fully saturated rings. The number of anilines is 1. The predicted octanol–water partition coefficient (Wildman–Crippen LogP) is 3.29. The number of phenolic OH excluding ortho intramolecular Hbond substituents is 1. The van der Waals surface area contributed by atoms with E-state index in [0.717, 1.165) is 12.1 Å². The van der Waals surface area contributed by atoms with Gasteiger partial charge in [0.25, 0.3) is 10.0 Å². The first-order valence-corrected chi connectivity index (χ1v) is 7.44. The summed E-state index contributed by atoms with van der Waals surface area (Å²) in [6, 6.07) is 8.13. The molecule has 0 aliphatic heterocycles. The van der Waals surface area contributed by atoms with Gasteiger partial charge in [0.05, 0.1) is 15.6 Å². The van der Waals surface area contributed by atoms with Crippen molar-refractivity contribution in [3.8, 4) is 5.75 Å². The minimum absolute atomic E-state index is 0.0693. The van der Waals surface area contributed by atoms with E-state index in [4.69, 9.17) is 11.6 Å². The summed E-state index contributed by atoms with van der Waals surface area (Å²) >= 11 is 5.57. The van der Waals surface area contributed by atoms with Crippen LogP contribution in [-0.4, -0.2) is 13.5 Å². The maximum Gasteiger partial charge on any atom is 0.262 e. The number of hydrogen-bond donors (Lipinski definition) is 2. The maximum absolute atomic E-state index is 13.1. The highest BCUT2D eigenvalue weighted by atomic mass is 35.5. The Labute approximate surface area is 120 Å². The van der Waals surface area contributed by atoms with E-state index in [1.54, 1.807) is 25.1 Å². The second-order valence-electron chi connectivity index (χ2n) is 4.15. The smallest absolute Gasteiger partial charge is 0.262 e. The standard InChI is InChI=1S/C13H11ClFNO3S/c1-8-4-2-3-5-13(8)20(18,19)16-11-6-9(14)10(15)7-12(11)17/h2-7,16-17H,1H3. The molecule has 4 nitrogen and oxygen atoms in total. The molecule has 0 heterocycles. The Bertz CT molecular complexity index is 762. The summed E-state index contributed by atoms with van der Waals surface area (Å²) in [5.41, 5.74) is 0.368. The Morgan fingerprint density at radius 3 is 2.55 bits per heavy atom. The second kappa shape index (κ2) is 5.30. The van der Waals surface area contributed by atoms with Crippen molar-refractivity contribution >= 4 is 27.3 Å². The average molecular weight is 316 g/mol. The van der Waals surface area contributed by atoms with Gasteiger partial charge in [0.1, 0.15) is 11.6 Å². The predicted molar refractivity (Wildman–Crippen MR) is 75.1 cm³/mol. The minimum Gasteiger partial charge on any atom is -0.506 e. The second-order valence-corrected chi connectivity index (χ2v) is 6.21. The van der Waals surface area contributed by atoms with Crippen molar-refractivity contribution in [2.45, 2.75) is 11.8 Å². The largest absolute Gasteiger partial charge is 0.506 e. The Balaban J connectivity index is 2.44. The molecule has 0 bridgehead atoms. The van der Waals surface area contributed by atoms with Gasteiger partial charge in [0.2, 0.25) is 0 Å². The molecule has 106 valence electrons. The molecule has 7 heteroatoms. The van der Waals surface area contributed by atoms with Crippen LogP contribution in [0.15, 0.2) is 41.3 Å². The zero-order valence-electron chi connectivity index (χ0n) is 10.4. The highest BCUT2D eigenvalue weighted by Gasteiger charge is 2.19. The summed E-state index contributed by atoms with van der Waals surface area (Å²) in [6.45, 7) is 1.64. The molecule has 2 N–H and O–H groups in total. The fourth-order valence-corrected chi connectivity index (χ4v) is 3.15. The van der Waals surface area contributed by atoms with Crippen LogP contribution >= 0.6 is 11.6 Å². The number of hydrogen-bond acceptors (Lipinski definition) is 3. The van der Waals surface area contributed by atoms with E-state index in [1.807, 2.05) is 0 Å². The molecule has 0 saturated heterocycles. The molecule has 2 rings (SSSR count). The van der Waals surface area contributed by atoms with Gasteiger partial charge in [-0.05, 0) is 24.6 Å². The molecule has 0 spiro atoms.